The molecular formula is C14H10F3N4O2+. The predicted molar refractivity (Wildman–Crippen MR) is 73.9 cm³/mol. The van der Waals surface area contributed by atoms with Crippen molar-refractivity contribution >= 4 is 22.2 Å². The van der Waals surface area contributed by atoms with E-state index >= 15 is 0 Å². The van der Waals surface area contributed by atoms with Crippen LogP contribution in [0.5, 0.6) is 0 Å². The molecule has 4 rings (SSSR count). The van der Waals surface area contributed by atoms with E-state index in [2.05, 4.69) is 4.98 Å². The summed E-state index contributed by atoms with van der Waals surface area (Å²) in [5.41, 5.74) is -1.01. The van der Waals surface area contributed by atoms with Gasteiger partial charge in [-0.1, -0.05) is 0 Å². The second kappa shape index (κ2) is 4.18. The Kier molecular flexibility index (Phi) is 2.53. The number of hydrogen-bond donors (Lipinski definition) is 0. The smallest absolute Gasteiger partial charge is 0.266 e. The van der Waals surface area contributed by atoms with Crippen LogP contribution in [0, 0.1) is 0 Å². The maximum absolute atomic E-state index is 12.9. The molecule has 2 aromatic heterocycles. The highest BCUT2D eigenvalue weighted by atomic mass is 19.4. The van der Waals surface area contributed by atoms with E-state index in [4.69, 9.17) is 0 Å². The zero-order chi connectivity index (χ0) is 16.5. The van der Waals surface area contributed by atoms with Crippen molar-refractivity contribution in [2.24, 2.45) is 7.05 Å². The van der Waals surface area contributed by atoms with Crippen LogP contribution in [0.3, 0.4) is 0 Å². The minimum Gasteiger partial charge on any atom is -0.266 e. The molecule has 0 N–H and O–H groups in total. The van der Waals surface area contributed by atoms with E-state index in [0.29, 0.717) is 24.3 Å². The molecule has 1 aliphatic rings. The lowest BCUT2D eigenvalue weighted by Crippen LogP contribution is -2.40. The van der Waals surface area contributed by atoms with Crippen molar-refractivity contribution in [3.05, 3.63) is 44.6 Å². The average molecular weight is 323 g/mol. The van der Waals surface area contributed by atoms with Crippen molar-refractivity contribution in [2.75, 3.05) is 0 Å². The zero-order valence-electron chi connectivity index (χ0n) is 11.9. The molecule has 3 heterocycles. The number of halogens is 3. The summed E-state index contributed by atoms with van der Waals surface area (Å²) in [5.74, 6) is 0. The molecular weight excluding hydrogens is 313 g/mol. The van der Waals surface area contributed by atoms with Gasteiger partial charge in [0.05, 0.1) is 5.56 Å². The molecule has 0 fully saturated rings. The van der Waals surface area contributed by atoms with Crippen molar-refractivity contribution < 1.29 is 17.7 Å². The Hall–Kier alpha value is -2.71. The lowest BCUT2D eigenvalue weighted by atomic mass is 10.2. The Morgan fingerprint density at radius 1 is 1.26 bits per heavy atom. The largest absolute Gasteiger partial charge is 0.418 e. The maximum atomic E-state index is 12.9. The van der Waals surface area contributed by atoms with Crippen molar-refractivity contribution in [2.45, 2.75) is 19.3 Å². The minimum atomic E-state index is -4.49. The number of aryl methyl sites for hydroxylation is 2. The van der Waals surface area contributed by atoms with Crippen molar-refractivity contribution in [3.63, 3.8) is 0 Å². The van der Waals surface area contributed by atoms with E-state index in [0.717, 1.165) is 16.7 Å². The SMILES string of the molecule is Cn1c(=O)c2nc3cc(C(F)(F)F)ccc3[n+]3c2n(c1=O)CC3. The predicted octanol–water partition coefficient (Wildman–Crippen LogP) is 0.568. The fourth-order valence-corrected chi connectivity index (χ4v) is 2.99. The summed E-state index contributed by atoms with van der Waals surface area (Å²) in [6, 6.07) is 3.22. The Morgan fingerprint density at radius 2 is 2.00 bits per heavy atom. The first kappa shape index (κ1) is 13.9. The molecule has 0 radical (unpaired) electrons. The molecule has 0 saturated carbocycles. The number of aromatic nitrogens is 4. The number of fused-ring (bicyclic) bond motifs is 2. The molecule has 0 spiro atoms. The summed E-state index contributed by atoms with van der Waals surface area (Å²) in [6.45, 7) is 0.755. The molecule has 0 unspecified atom stereocenters. The summed E-state index contributed by atoms with van der Waals surface area (Å²) in [5, 5.41) is 0. The Morgan fingerprint density at radius 3 is 2.70 bits per heavy atom. The van der Waals surface area contributed by atoms with E-state index in [1.807, 2.05) is 0 Å². The normalized spacial score (nSPS) is 14.1. The molecule has 0 amide bonds. The van der Waals surface area contributed by atoms with Crippen molar-refractivity contribution in [1.29, 1.82) is 0 Å². The van der Waals surface area contributed by atoms with Crippen LogP contribution in [0.25, 0.3) is 22.2 Å². The molecule has 6 nitrogen and oxygen atoms in total. The molecule has 0 saturated heterocycles. The summed E-state index contributed by atoms with van der Waals surface area (Å²) in [7, 11) is 1.33. The standard InChI is InChI=1S/C14H10F3N4O2/c1-19-12(22)10-11-20(4-5-21(11)13(19)23)9-3-2-7(14(15,16)17)6-8(9)18-10/h2-3,6H,4-5H2,1H3/q+1. The first-order valence-electron chi connectivity index (χ1n) is 6.83. The molecule has 0 aliphatic carbocycles. The highest BCUT2D eigenvalue weighted by molar-refractivity contribution is 5.80. The second-order valence-electron chi connectivity index (χ2n) is 5.44. The summed E-state index contributed by atoms with van der Waals surface area (Å²) in [6.07, 6.45) is -4.49. The molecule has 1 aromatic carbocycles. The fraction of sp³-hybridized carbons (Fsp3) is 0.286. The monoisotopic (exact) mass is 323 g/mol. The fourth-order valence-electron chi connectivity index (χ4n) is 2.99. The van der Waals surface area contributed by atoms with Crippen LogP contribution in [0.2, 0.25) is 0 Å². The zero-order valence-corrected chi connectivity index (χ0v) is 11.9. The highest BCUT2D eigenvalue weighted by Crippen LogP contribution is 2.30. The molecule has 9 heteroatoms. The van der Waals surface area contributed by atoms with Crippen molar-refractivity contribution in [1.82, 2.24) is 14.1 Å². The Bertz CT molecular complexity index is 1110. The van der Waals surface area contributed by atoms with Gasteiger partial charge in [0.2, 0.25) is 5.52 Å². The van der Waals surface area contributed by atoms with Crippen LogP contribution in [0.4, 0.5) is 13.2 Å². The molecule has 1 aliphatic heterocycles. The minimum absolute atomic E-state index is 0.00331. The molecule has 3 aromatic rings. The van der Waals surface area contributed by atoms with Gasteiger partial charge in [-0.15, -0.1) is 0 Å². The second-order valence-corrected chi connectivity index (χ2v) is 5.44. The van der Waals surface area contributed by atoms with Crippen LogP contribution in [-0.4, -0.2) is 14.1 Å². The van der Waals surface area contributed by atoms with Gasteiger partial charge in [0, 0.05) is 7.05 Å². The van der Waals surface area contributed by atoms with Gasteiger partial charge in [-0.2, -0.15) is 17.7 Å². The Balaban J connectivity index is 2.21. The first-order valence-corrected chi connectivity index (χ1v) is 6.83. The van der Waals surface area contributed by atoms with E-state index < -0.39 is 23.0 Å². The first-order chi connectivity index (χ1) is 10.8. The third-order valence-electron chi connectivity index (χ3n) is 4.12. The quantitative estimate of drug-likeness (QED) is 0.449. The van der Waals surface area contributed by atoms with Gasteiger partial charge in [-0.25, -0.2) is 18.9 Å². The van der Waals surface area contributed by atoms with Crippen molar-refractivity contribution in [3.8, 4) is 0 Å². The van der Waals surface area contributed by atoms with Crippen LogP contribution in [-0.2, 0) is 26.3 Å². The topological polar surface area (TPSA) is 60.8 Å². The van der Waals surface area contributed by atoms with Crippen LogP contribution < -0.4 is 15.8 Å². The van der Waals surface area contributed by atoms with E-state index in [1.54, 1.807) is 4.57 Å². The summed E-state index contributed by atoms with van der Waals surface area (Å²) >= 11 is 0. The number of alkyl halides is 3. The third-order valence-corrected chi connectivity index (χ3v) is 4.12. The molecule has 118 valence electrons. The molecule has 0 bridgehead atoms. The summed E-state index contributed by atoms with van der Waals surface area (Å²) < 4.78 is 42.6. The van der Waals surface area contributed by atoms with Gasteiger partial charge in [-0.05, 0) is 18.2 Å². The van der Waals surface area contributed by atoms with Gasteiger partial charge in [0.25, 0.3) is 5.56 Å². The lowest BCUT2D eigenvalue weighted by molar-refractivity contribution is -0.637. The number of hydrogen-bond acceptors (Lipinski definition) is 3. The maximum Gasteiger partial charge on any atom is 0.418 e. The van der Waals surface area contributed by atoms with Gasteiger partial charge in [0.15, 0.2) is 5.52 Å². The molecule has 0 atom stereocenters. The Labute approximate surface area is 126 Å². The van der Waals surface area contributed by atoms with E-state index in [-0.39, 0.29) is 11.0 Å². The van der Waals surface area contributed by atoms with E-state index in [9.17, 15) is 22.8 Å². The number of rotatable bonds is 0. The summed E-state index contributed by atoms with van der Waals surface area (Å²) in [4.78, 5) is 28.5. The van der Waals surface area contributed by atoms with Crippen LogP contribution >= 0.6 is 0 Å². The van der Waals surface area contributed by atoms with Gasteiger partial charge < -0.3 is 0 Å². The van der Waals surface area contributed by atoms with Gasteiger partial charge in [-0.3, -0.25) is 4.79 Å². The highest BCUT2D eigenvalue weighted by Gasteiger charge is 2.33. The van der Waals surface area contributed by atoms with Crippen LogP contribution in [0.15, 0.2) is 27.8 Å². The molecule has 23 heavy (non-hydrogen) atoms. The van der Waals surface area contributed by atoms with E-state index in [1.165, 1.54) is 17.7 Å². The number of nitrogens with zero attached hydrogens (tertiary/aromatic N) is 4. The van der Waals surface area contributed by atoms with Gasteiger partial charge >= 0.3 is 17.5 Å². The lowest BCUT2D eigenvalue weighted by Gasteiger charge is -2.08. The average Bonchev–Trinajstić information content (AvgIpc) is 2.94. The van der Waals surface area contributed by atoms with Gasteiger partial charge in [0.1, 0.15) is 18.6 Å². The third kappa shape index (κ3) is 1.76. The van der Waals surface area contributed by atoms with Crippen LogP contribution in [0.1, 0.15) is 5.56 Å². The number of benzene rings is 1.